The number of ether oxygens (including phenoxy) is 1. The summed E-state index contributed by atoms with van der Waals surface area (Å²) in [6.45, 7) is 4.40. The fourth-order valence-electron chi connectivity index (χ4n) is 1.84. The van der Waals surface area contributed by atoms with Gasteiger partial charge in [-0.1, -0.05) is 30.3 Å². The Kier molecular flexibility index (Phi) is 3.72. The van der Waals surface area contributed by atoms with Crippen LogP contribution in [0.25, 0.3) is 0 Å². The Bertz CT molecular complexity index is 492. The highest BCUT2D eigenvalue weighted by Gasteiger charge is 2.26. The molecule has 0 saturated carbocycles. The summed E-state index contributed by atoms with van der Waals surface area (Å²) < 4.78 is 11.3. The predicted octanol–water partition coefficient (Wildman–Crippen LogP) is 3.19. The van der Waals surface area contributed by atoms with Crippen molar-refractivity contribution in [2.45, 2.75) is 13.1 Å². The molecule has 0 radical (unpaired) electrons. The first-order chi connectivity index (χ1) is 8.62. The summed E-state index contributed by atoms with van der Waals surface area (Å²) in [6.07, 6.45) is 0. The summed E-state index contributed by atoms with van der Waals surface area (Å²) in [5.41, 5.74) is 0. The van der Waals surface area contributed by atoms with Gasteiger partial charge in [0.1, 0.15) is 11.5 Å². The molecule has 0 aromatic heterocycles. The van der Waals surface area contributed by atoms with E-state index >= 15 is 0 Å². The third-order valence-corrected chi connectivity index (χ3v) is 5.37. The first kappa shape index (κ1) is 12.7. The van der Waals surface area contributed by atoms with Crippen molar-refractivity contribution in [2.24, 2.45) is 0 Å². The second-order valence-corrected chi connectivity index (χ2v) is 8.46. The Balaban J connectivity index is 2.16. The standard InChI is InChI=1S/C15H18O2Si/c1-16-13-9-11-14(12-10-13)17-18(2,3)15-7-5-4-6-8-15/h4-12H,1-3H3. The quantitative estimate of drug-likeness (QED) is 0.784. The number of benzene rings is 2. The maximum Gasteiger partial charge on any atom is 0.276 e. The van der Waals surface area contributed by atoms with E-state index in [1.54, 1.807) is 7.11 Å². The molecule has 94 valence electrons. The van der Waals surface area contributed by atoms with Crippen LogP contribution < -0.4 is 14.3 Å². The molecule has 2 aromatic rings. The molecule has 0 aliphatic heterocycles. The molecule has 0 N–H and O–H groups in total. The zero-order chi connectivity index (χ0) is 13.0. The Morgan fingerprint density at radius 1 is 0.778 bits per heavy atom. The third-order valence-electron chi connectivity index (χ3n) is 2.90. The SMILES string of the molecule is COc1ccc(O[Si](C)(C)c2ccccc2)cc1. The molecule has 0 aliphatic rings. The minimum absolute atomic E-state index is 0.849. The van der Waals surface area contributed by atoms with Gasteiger partial charge in [-0.2, -0.15) is 0 Å². The number of rotatable bonds is 4. The van der Waals surface area contributed by atoms with E-state index in [0.717, 1.165) is 11.5 Å². The second-order valence-electron chi connectivity index (χ2n) is 4.65. The van der Waals surface area contributed by atoms with Crippen molar-refractivity contribution in [1.29, 1.82) is 0 Å². The van der Waals surface area contributed by atoms with Gasteiger partial charge in [-0.25, -0.2) is 0 Å². The van der Waals surface area contributed by atoms with E-state index in [0.29, 0.717) is 0 Å². The second kappa shape index (κ2) is 5.27. The number of methoxy groups -OCH3 is 1. The van der Waals surface area contributed by atoms with E-state index in [4.69, 9.17) is 9.16 Å². The van der Waals surface area contributed by atoms with Gasteiger partial charge in [0.25, 0.3) is 8.32 Å². The summed E-state index contributed by atoms with van der Waals surface area (Å²) in [5, 5.41) is 1.29. The van der Waals surface area contributed by atoms with Crippen LogP contribution in [0.2, 0.25) is 13.1 Å². The molecule has 0 bridgehead atoms. The minimum atomic E-state index is -1.89. The first-order valence-corrected chi connectivity index (χ1v) is 8.91. The van der Waals surface area contributed by atoms with Crippen LogP contribution in [0.15, 0.2) is 54.6 Å². The molecule has 3 heteroatoms. The first-order valence-electron chi connectivity index (χ1n) is 6.00. The Hall–Kier alpha value is -1.74. The summed E-state index contributed by atoms with van der Waals surface area (Å²) in [5.74, 6) is 1.75. The van der Waals surface area contributed by atoms with Crippen LogP contribution in [0.1, 0.15) is 0 Å². The van der Waals surface area contributed by atoms with Crippen molar-refractivity contribution in [3.05, 3.63) is 54.6 Å². The van der Waals surface area contributed by atoms with Crippen LogP contribution in [-0.4, -0.2) is 15.4 Å². The molecule has 18 heavy (non-hydrogen) atoms. The Morgan fingerprint density at radius 3 is 1.89 bits per heavy atom. The largest absolute Gasteiger partial charge is 0.540 e. The van der Waals surface area contributed by atoms with Crippen molar-refractivity contribution in [1.82, 2.24) is 0 Å². The lowest BCUT2D eigenvalue weighted by atomic mass is 10.3. The van der Waals surface area contributed by atoms with Gasteiger partial charge in [0.15, 0.2) is 0 Å². The molecule has 0 saturated heterocycles. The van der Waals surface area contributed by atoms with Gasteiger partial charge in [0.2, 0.25) is 0 Å². The van der Waals surface area contributed by atoms with Crippen LogP contribution in [0.5, 0.6) is 11.5 Å². The lowest BCUT2D eigenvalue weighted by Gasteiger charge is -2.24. The third kappa shape index (κ3) is 2.93. The maximum atomic E-state index is 6.17. The smallest absolute Gasteiger partial charge is 0.276 e. The molecule has 0 unspecified atom stereocenters. The lowest BCUT2D eigenvalue weighted by molar-refractivity contribution is 0.414. The summed E-state index contributed by atoms with van der Waals surface area (Å²) >= 11 is 0. The van der Waals surface area contributed by atoms with E-state index in [1.807, 2.05) is 30.3 Å². The van der Waals surface area contributed by atoms with Crippen LogP contribution in [-0.2, 0) is 0 Å². The summed E-state index contributed by atoms with van der Waals surface area (Å²) in [4.78, 5) is 0. The van der Waals surface area contributed by atoms with E-state index in [9.17, 15) is 0 Å². The fraction of sp³-hybridized carbons (Fsp3) is 0.200. The van der Waals surface area contributed by atoms with Crippen LogP contribution in [0.3, 0.4) is 0 Å². The van der Waals surface area contributed by atoms with E-state index < -0.39 is 8.32 Å². The zero-order valence-corrected chi connectivity index (χ0v) is 12.0. The highest BCUT2D eigenvalue weighted by atomic mass is 28.4. The normalized spacial score (nSPS) is 11.1. The molecule has 0 fully saturated rings. The van der Waals surface area contributed by atoms with Gasteiger partial charge in [0, 0.05) is 0 Å². The Morgan fingerprint density at radius 2 is 1.33 bits per heavy atom. The molecule has 2 rings (SSSR count). The zero-order valence-electron chi connectivity index (χ0n) is 11.0. The number of hydrogen-bond acceptors (Lipinski definition) is 2. The Labute approximate surface area is 109 Å². The van der Waals surface area contributed by atoms with Crippen molar-refractivity contribution >= 4 is 13.5 Å². The topological polar surface area (TPSA) is 18.5 Å². The maximum absolute atomic E-state index is 6.17. The minimum Gasteiger partial charge on any atom is -0.540 e. The van der Waals surface area contributed by atoms with E-state index in [2.05, 4.69) is 37.4 Å². The predicted molar refractivity (Wildman–Crippen MR) is 77.2 cm³/mol. The molecular formula is C15H18O2Si. The molecule has 2 nitrogen and oxygen atoms in total. The summed E-state index contributed by atoms with van der Waals surface area (Å²) in [7, 11) is -0.223. The van der Waals surface area contributed by atoms with Gasteiger partial charge in [-0.05, 0) is 42.5 Å². The molecular weight excluding hydrogens is 240 g/mol. The molecule has 0 heterocycles. The van der Waals surface area contributed by atoms with Gasteiger partial charge < -0.3 is 9.16 Å². The van der Waals surface area contributed by atoms with Gasteiger partial charge in [-0.15, -0.1) is 0 Å². The van der Waals surface area contributed by atoms with Crippen molar-refractivity contribution in [2.75, 3.05) is 7.11 Å². The van der Waals surface area contributed by atoms with Crippen molar-refractivity contribution < 1.29 is 9.16 Å². The van der Waals surface area contributed by atoms with Gasteiger partial charge in [0.05, 0.1) is 7.11 Å². The van der Waals surface area contributed by atoms with E-state index in [1.165, 1.54) is 5.19 Å². The molecule has 0 atom stereocenters. The van der Waals surface area contributed by atoms with E-state index in [-0.39, 0.29) is 0 Å². The van der Waals surface area contributed by atoms with Crippen LogP contribution in [0.4, 0.5) is 0 Å². The van der Waals surface area contributed by atoms with Crippen molar-refractivity contribution in [3.8, 4) is 11.5 Å². The lowest BCUT2D eigenvalue weighted by Crippen LogP contribution is -2.47. The molecule has 2 aromatic carbocycles. The average molecular weight is 258 g/mol. The van der Waals surface area contributed by atoms with Crippen LogP contribution >= 0.6 is 0 Å². The fourth-order valence-corrected chi connectivity index (χ4v) is 3.68. The molecule has 0 aliphatic carbocycles. The van der Waals surface area contributed by atoms with Crippen LogP contribution in [0, 0.1) is 0 Å². The highest BCUT2D eigenvalue weighted by Crippen LogP contribution is 2.20. The average Bonchev–Trinajstić information content (AvgIpc) is 2.40. The summed E-state index contributed by atoms with van der Waals surface area (Å²) in [6, 6.07) is 18.2. The number of hydrogen-bond donors (Lipinski definition) is 0. The van der Waals surface area contributed by atoms with Crippen molar-refractivity contribution in [3.63, 3.8) is 0 Å². The molecule has 0 spiro atoms. The molecule has 0 amide bonds. The van der Waals surface area contributed by atoms with Gasteiger partial charge in [-0.3, -0.25) is 0 Å². The monoisotopic (exact) mass is 258 g/mol. The highest BCUT2D eigenvalue weighted by molar-refractivity contribution is 6.84. The van der Waals surface area contributed by atoms with Gasteiger partial charge >= 0.3 is 0 Å².